The van der Waals surface area contributed by atoms with Crippen LogP contribution < -0.4 is 0 Å². The number of carbonyl (C=O) groups is 3. The number of nitrogens with zero attached hydrogens (tertiary/aromatic N) is 3. The molecule has 2 aliphatic rings. The van der Waals surface area contributed by atoms with E-state index in [-0.39, 0.29) is 18.6 Å². The molecule has 2 heterocycles. The Hall–Kier alpha value is -2.77. The zero-order valence-corrected chi connectivity index (χ0v) is 18.7. The lowest BCUT2D eigenvalue weighted by molar-refractivity contribution is -0.139. The third-order valence-corrected chi connectivity index (χ3v) is 5.47. The number of amides is 3. The van der Waals surface area contributed by atoms with Gasteiger partial charge >= 0.3 is 12.2 Å². The molecular formula is C23H33N3O5. The lowest BCUT2D eigenvalue weighted by Gasteiger charge is -2.40. The highest BCUT2D eigenvalue weighted by atomic mass is 16.6. The highest BCUT2D eigenvalue weighted by Gasteiger charge is 2.37. The summed E-state index contributed by atoms with van der Waals surface area (Å²) in [4.78, 5) is 43.1. The standard InChI is InChI=1S/C23H33N3O5/c1-23(2,3)31-21(28)25-15-13-24(14-16-25)20(27)19-11-7-8-12-26(19)22(29)30-17-18-9-5-4-6-10-18/h4-6,9-10,19H,7-8,11-17H2,1-3H3. The Kier molecular flexibility index (Phi) is 7.41. The number of benzene rings is 1. The monoisotopic (exact) mass is 431 g/mol. The van der Waals surface area contributed by atoms with Gasteiger partial charge in [0.25, 0.3) is 0 Å². The average Bonchev–Trinajstić information content (AvgIpc) is 2.76. The number of piperidine rings is 1. The van der Waals surface area contributed by atoms with E-state index in [0.717, 1.165) is 18.4 Å². The van der Waals surface area contributed by atoms with Crippen LogP contribution in [0.15, 0.2) is 30.3 Å². The number of rotatable bonds is 3. The first-order valence-corrected chi connectivity index (χ1v) is 11.0. The van der Waals surface area contributed by atoms with Gasteiger partial charge in [-0.15, -0.1) is 0 Å². The van der Waals surface area contributed by atoms with Gasteiger partial charge in [0.15, 0.2) is 0 Å². The van der Waals surface area contributed by atoms with Crippen LogP contribution in [0.25, 0.3) is 0 Å². The zero-order valence-electron chi connectivity index (χ0n) is 18.7. The first-order chi connectivity index (χ1) is 14.7. The fourth-order valence-electron chi connectivity index (χ4n) is 3.86. The van der Waals surface area contributed by atoms with Gasteiger partial charge in [-0.05, 0) is 45.6 Å². The second-order valence-corrected chi connectivity index (χ2v) is 9.04. The van der Waals surface area contributed by atoms with Crippen LogP contribution in [0.1, 0.15) is 45.6 Å². The Labute approximate surface area is 184 Å². The molecule has 2 fully saturated rings. The Morgan fingerprint density at radius 3 is 2.19 bits per heavy atom. The summed E-state index contributed by atoms with van der Waals surface area (Å²) in [6.07, 6.45) is 1.58. The predicted octanol–water partition coefficient (Wildman–Crippen LogP) is 3.26. The molecule has 1 aromatic rings. The van der Waals surface area contributed by atoms with Crippen LogP contribution in [0.4, 0.5) is 9.59 Å². The lowest BCUT2D eigenvalue weighted by Crippen LogP contribution is -2.58. The average molecular weight is 432 g/mol. The number of likely N-dealkylation sites (tertiary alicyclic amines) is 1. The van der Waals surface area contributed by atoms with E-state index in [1.54, 1.807) is 14.7 Å². The summed E-state index contributed by atoms with van der Waals surface area (Å²) in [6.45, 7) is 7.91. The summed E-state index contributed by atoms with van der Waals surface area (Å²) in [7, 11) is 0. The minimum absolute atomic E-state index is 0.0693. The van der Waals surface area contributed by atoms with E-state index in [9.17, 15) is 14.4 Å². The van der Waals surface area contributed by atoms with E-state index in [0.29, 0.717) is 39.1 Å². The van der Waals surface area contributed by atoms with Crippen molar-refractivity contribution in [1.82, 2.24) is 14.7 Å². The van der Waals surface area contributed by atoms with Crippen molar-refractivity contribution < 1.29 is 23.9 Å². The molecule has 1 atom stereocenters. The van der Waals surface area contributed by atoms with Gasteiger partial charge in [-0.3, -0.25) is 9.69 Å². The van der Waals surface area contributed by atoms with Crippen LogP contribution in [-0.4, -0.2) is 77.2 Å². The van der Waals surface area contributed by atoms with Gasteiger partial charge in [-0.2, -0.15) is 0 Å². The summed E-state index contributed by atoms with van der Waals surface area (Å²) < 4.78 is 10.9. The van der Waals surface area contributed by atoms with Crippen LogP contribution in [-0.2, 0) is 20.9 Å². The molecule has 0 bridgehead atoms. The molecule has 3 rings (SSSR count). The van der Waals surface area contributed by atoms with Crippen LogP contribution in [0.2, 0.25) is 0 Å². The van der Waals surface area contributed by atoms with Crippen LogP contribution in [0.5, 0.6) is 0 Å². The molecule has 2 aliphatic heterocycles. The molecule has 8 nitrogen and oxygen atoms in total. The van der Waals surface area contributed by atoms with Crippen molar-refractivity contribution >= 4 is 18.1 Å². The molecule has 2 saturated heterocycles. The second kappa shape index (κ2) is 10.0. The molecule has 1 unspecified atom stereocenters. The van der Waals surface area contributed by atoms with Gasteiger partial charge < -0.3 is 19.3 Å². The van der Waals surface area contributed by atoms with E-state index in [2.05, 4.69) is 0 Å². The SMILES string of the molecule is CC(C)(C)OC(=O)N1CCN(C(=O)C2CCCCN2C(=O)OCc2ccccc2)CC1. The smallest absolute Gasteiger partial charge is 0.410 e. The fraction of sp³-hybridized carbons (Fsp3) is 0.609. The van der Waals surface area contributed by atoms with Crippen molar-refractivity contribution in [3.05, 3.63) is 35.9 Å². The minimum Gasteiger partial charge on any atom is -0.445 e. The number of hydrogen-bond donors (Lipinski definition) is 0. The Balaban J connectivity index is 1.54. The van der Waals surface area contributed by atoms with Gasteiger partial charge in [0, 0.05) is 32.7 Å². The van der Waals surface area contributed by atoms with Gasteiger partial charge in [0.2, 0.25) is 5.91 Å². The number of carbonyl (C=O) groups excluding carboxylic acids is 3. The summed E-state index contributed by atoms with van der Waals surface area (Å²) in [6, 6.07) is 8.99. The molecular weight excluding hydrogens is 398 g/mol. The Morgan fingerprint density at radius 1 is 0.903 bits per heavy atom. The first-order valence-electron chi connectivity index (χ1n) is 11.0. The molecule has 0 saturated carbocycles. The normalized spacial score (nSPS) is 19.7. The molecule has 0 aromatic heterocycles. The van der Waals surface area contributed by atoms with E-state index in [4.69, 9.17) is 9.47 Å². The van der Waals surface area contributed by atoms with Crippen LogP contribution in [0, 0.1) is 0 Å². The van der Waals surface area contributed by atoms with Crippen molar-refractivity contribution in [2.75, 3.05) is 32.7 Å². The highest BCUT2D eigenvalue weighted by molar-refractivity contribution is 5.86. The van der Waals surface area contributed by atoms with Crippen LogP contribution in [0.3, 0.4) is 0 Å². The maximum absolute atomic E-state index is 13.2. The Bertz CT molecular complexity index is 769. The number of hydrogen-bond acceptors (Lipinski definition) is 5. The van der Waals surface area contributed by atoms with Crippen molar-refractivity contribution in [2.24, 2.45) is 0 Å². The van der Waals surface area contributed by atoms with Crippen molar-refractivity contribution in [2.45, 2.75) is 58.3 Å². The molecule has 1 aromatic carbocycles. The zero-order chi connectivity index (χ0) is 22.4. The minimum atomic E-state index is -0.549. The topological polar surface area (TPSA) is 79.4 Å². The highest BCUT2D eigenvalue weighted by Crippen LogP contribution is 2.22. The molecule has 0 radical (unpaired) electrons. The first kappa shape index (κ1) is 22.9. The van der Waals surface area contributed by atoms with E-state index >= 15 is 0 Å². The van der Waals surface area contributed by atoms with Crippen molar-refractivity contribution in [3.63, 3.8) is 0 Å². The molecule has 170 valence electrons. The molecule has 8 heteroatoms. The van der Waals surface area contributed by atoms with Crippen molar-refractivity contribution in [1.29, 1.82) is 0 Å². The Morgan fingerprint density at radius 2 is 1.55 bits per heavy atom. The molecule has 0 aliphatic carbocycles. The maximum Gasteiger partial charge on any atom is 0.410 e. The van der Waals surface area contributed by atoms with E-state index < -0.39 is 17.7 Å². The summed E-state index contributed by atoms with van der Waals surface area (Å²) >= 11 is 0. The van der Waals surface area contributed by atoms with Gasteiger partial charge in [0.1, 0.15) is 18.2 Å². The van der Waals surface area contributed by atoms with Gasteiger partial charge in [-0.25, -0.2) is 9.59 Å². The van der Waals surface area contributed by atoms with Gasteiger partial charge in [-0.1, -0.05) is 30.3 Å². The summed E-state index contributed by atoms with van der Waals surface area (Å²) in [5.41, 5.74) is 0.362. The molecule has 0 N–H and O–H groups in total. The maximum atomic E-state index is 13.2. The van der Waals surface area contributed by atoms with Crippen LogP contribution >= 0.6 is 0 Å². The predicted molar refractivity (Wildman–Crippen MR) is 115 cm³/mol. The number of piperazine rings is 1. The largest absolute Gasteiger partial charge is 0.445 e. The van der Waals surface area contributed by atoms with Gasteiger partial charge in [0.05, 0.1) is 0 Å². The van der Waals surface area contributed by atoms with E-state index in [1.165, 1.54) is 0 Å². The quantitative estimate of drug-likeness (QED) is 0.734. The third kappa shape index (κ3) is 6.35. The number of ether oxygens (including phenoxy) is 2. The summed E-state index contributed by atoms with van der Waals surface area (Å²) in [5.74, 6) is -0.0693. The molecule has 31 heavy (non-hydrogen) atoms. The lowest BCUT2D eigenvalue weighted by atomic mass is 10.0. The second-order valence-electron chi connectivity index (χ2n) is 9.04. The summed E-state index contributed by atoms with van der Waals surface area (Å²) in [5, 5.41) is 0. The fourth-order valence-corrected chi connectivity index (χ4v) is 3.86. The molecule has 3 amide bonds. The van der Waals surface area contributed by atoms with Crippen molar-refractivity contribution in [3.8, 4) is 0 Å². The molecule has 0 spiro atoms. The third-order valence-electron chi connectivity index (χ3n) is 5.47. The van der Waals surface area contributed by atoms with E-state index in [1.807, 2.05) is 51.1 Å².